The van der Waals surface area contributed by atoms with E-state index in [2.05, 4.69) is 0 Å². The molecule has 2 N–H and O–H groups in total. The molecule has 0 radical (unpaired) electrons. The van der Waals surface area contributed by atoms with Crippen molar-refractivity contribution in [1.82, 2.24) is 0 Å². The van der Waals surface area contributed by atoms with Gasteiger partial charge in [-0.15, -0.1) is 0 Å². The largest absolute Gasteiger partial charge is 0.481 e. The number of hydrogen-bond acceptors (Lipinski definition) is 3. The third-order valence-corrected chi connectivity index (χ3v) is 2.41. The molecule has 0 aliphatic carbocycles. The third-order valence-electron chi connectivity index (χ3n) is 2.41. The van der Waals surface area contributed by atoms with Crippen molar-refractivity contribution < 1.29 is 24.6 Å². The van der Waals surface area contributed by atoms with E-state index in [1.54, 1.807) is 13.8 Å². The first-order valence-electron chi connectivity index (χ1n) is 4.92. The van der Waals surface area contributed by atoms with Gasteiger partial charge in [0.15, 0.2) is 5.78 Å². The van der Waals surface area contributed by atoms with Gasteiger partial charge in [0.25, 0.3) is 0 Å². The molecule has 0 heterocycles. The Balaban J connectivity index is 4.68. The van der Waals surface area contributed by atoms with Gasteiger partial charge in [-0.25, -0.2) is 0 Å². The fraction of sp³-hybridized carbons (Fsp3) is 0.700. The van der Waals surface area contributed by atoms with Crippen molar-refractivity contribution >= 4 is 17.7 Å². The molecule has 0 bridgehead atoms. The molecule has 1 atom stereocenters. The van der Waals surface area contributed by atoms with E-state index in [1.165, 1.54) is 0 Å². The summed E-state index contributed by atoms with van der Waals surface area (Å²) in [6, 6.07) is 0. The second kappa shape index (κ2) is 6.16. The van der Waals surface area contributed by atoms with Crippen molar-refractivity contribution in [2.24, 2.45) is 11.8 Å². The van der Waals surface area contributed by atoms with Crippen LogP contribution in [-0.4, -0.2) is 27.9 Å². The van der Waals surface area contributed by atoms with Gasteiger partial charge in [0.2, 0.25) is 0 Å². The number of carbonyl (C=O) groups excluding carboxylic acids is 1. The number of rotatable bonds is 7. The van der Waals surface area contributed by atoms with Crippen LogP contribution in [0.3, 0.4) is 0 Å². The van der Waals surface area contributed by atoms with Crippen LogP contribution in [0.15, 0.2) is 0 Å². The molecule has 0 aromatic heterocycles. The van der Waals surface area contributed by atoms with Crippen LogP contribution in [-0.2, 0) is 14.4 Å². The lowest BCUT2D eigenvalue weighted by atomic mass is 9.87. The van der Waals surface area contributed by atoms with Crippen molar-refractivity contribution in [2.45, 2.75) is 33.1 Å². The van der Waals surface area contributed by atoms with Crippen LogP contribution in [0.2, 0.25) is 0 Å². The monoisotopic (exact) mass is 216 g/mol. The van der Waals surface area contributed by atoms with Crippen LogP contribution in [0, 0.1) is 11.8 Å². The van der Waals surface area contributed by atoms with E-state index in [0.717, 1.165) is 0 Å². The van der Waals surface area contributed by atoms with E-state index in [4.69, 9.17) is 10.2 Å². The number of aliphatic carboxylic acids is 2. The second-order valence-electron chi connectivity index (χ2n) is 3.40. The standard InChI is InChI=1S/C10H16O5/c1-3-6(4-2)9(13)7(10(14)15)5-8(11)12/h6-7H,3-5H2,1-2H3,(H,11,12)(H,14,15)/t7-/m1/s1. The van der Waals surface area contributed by atoms with Gasteiger partial charge in [-0.05, 0) is 12.8 Å². The zero-order valence-electron chi connectivity index (χ0n) is 8.90. The molecule has 5 heteroatoms. The summed E-state index contributed by atoms with van der Waals surface area (Å²) in [4.78, 5) is 32.8. The van der Waals surface area contributed by atoms with E-state index >= 15 is 0 Å². The summed E-state index contributed by atoms with van der Waals surface area (Å²) in [5.74, 6) is -4.86. The lowest BCUT2D eigenvalue weighted by Crippen LogP contribution is -2.31. The zero-order valence-corrected chi connectivity index (χ0v) is 8.90. The van der Waals surface area contributed by atoms with Gasteiger partial charge in [0.05, 0.1) is 6.42 Å². The Kier molecular flexibility index (Phi) is 5.59. The van der Waals surface area contributed by atoms with E-state index in [9.17, 15) is 14.4 Å². The Morgan fingerprint density at radius 1 is 1.07 bits per heavy atom. The molecule has 5 nitrogen and oxygen atoms in total. The first-order chi connectivity index (χ1) is 6.93. The number of Topliss-reactive ketones (excluding diaryl/α,β-unsaturated/α-hetero) is 1. The topological polar surface area (TPSA) is 91.7 Å². The number of ketones is 1. The Morgan fingerprint density at radius 3 is 1.80 bits per heavy atom. The average Bonchev–Trinajstić information content (AvgIpc) is 2.15. The molecule has 0 aromatic rings. The van der Waals surface area contributed by atoms with Crippen LogP contribution in [0.1, 0.15) is 33.1 Å². The maximum Gasteiger partial charge on any atom is 0.314 e. The molecule has 0 saturated carbocycles. The molecular formula is C10H16O5. The predicted molar refractivity (Wildman–Crippen MR) is 52.5 cm³/mol. The average molecular weight is 216 g/mol. The fourth-order valence-corrected chi connectivity index (χ4v) is 1.46. The molecule has 0 aromatic carbocycles. The summed E-state index contributed by atoms with van der Waals surface area (Å²) in [6.07, 6.45) is 0.447. The van der Waals surface area contributed by atoms with Crippen LogP contribution >= 0.6 is 0 Å². The van der Waals surface area contributed by atoms with Crippen LogP contribution in [0.4, 0.5) is 0 Å². The number of hydrogen-bond donors (Lipinski definition) is 2. The zero-order chi connectivity index (χ0) is 12.0. The number of carboxylic acids is 2. The normalized spacial score (nSPS) is 12.5. The third kappa shape index (κ3) is 4.10. The summed E-state index contributed by atoms with van der Waals surface area (Å²) >= 11 is 0. The molecule has 0 amide bonds. The molecular weight excluding hydrogens is 200 g/mol. The summed E-state index contributed by atoms with van der Waals surface area (Å²) in [7, 11) is 0. The van der Waals surface area contributed by atoms with Gasteiger partial charge in [-0.2, -0.15) is 0 Å². The van der Waals surface area contributed by atoms with Crippen molar-refractivity contribution in [2.75, 3.05) is 0 Å². The van der Waals surface area contributed by atoms with Gasteiger partial charge >= 0.3 is 11.9 Å². The maximum absolute atomic E-state index is 11.6. The van der Waals surface area contributed by atoms with Gasteiger partial charge in [0.1, 0.15) is 5.92 Å². The highest BCUT2D eigenvalue weighted by Crippen LogP contribution is 2.17. The Morgan fingerprint density at radius 2 is 1.53 bits per heavy atom. The quantitative estimate of drug-likeness (QED) is 0.623. The Labute approximate surface area is 88.1 Å². The molecule has 0 aliphatic rings. The molecule has 0 fully saturated rings. The van der Waals surface area contributed by atoms with E-state index < -0.39 is 30.1 Å². The molecule has 15 heavy (non-hydrogen) atoms. The van der Waals surface area contributed by atoms with E-state index in [-0.39, 0.29) is 5.92 Å². The summed E-state index contributed by atoms with van der Waals surface area (Å²) in [5, 5.41) is 17.2. The highest BCUT2D eigenvalue weighted by atomic mass is 16.4. The molecule has 86 valence electrons. The first kappa shape index (κ1) is 13.6. The van der Waals surface area contributed by atoms with Crippen LogP contribution in [0.25, 0.3) is 0 Å². The molecule has 0 rings (SSSR count). The minimum Gasteiger partial charge on any atom is -0.481 e. The van der Waals surface area contributed by atoms with Crippen molar-refractivity contribution in [3.8, 4) is 0 Å². The minimum absolute atomic E-state index is 0.356. The lowest BCUT2D eigenvalue weighted by molar-refractivity contribution is -0.153. The predicted octanol–water partition coefficient (Wildman–Crippen LogP) is 1.17. The van der Waals surface area contributed by atoms with Gasteiger partial charge in [-0.1, -0.05) is 13.8 Å². The second-order valence-corrected chi connectivity index (χ2v) is 3.40. The number of carboxylic acid groups (broad SMARTS) is 2. The smallest absolute Gasteiger partial charge is 0.314 e. The van der Waals surface area contributed by atoms with Crippen LogP contribution in [0.5, 0.6) is 0 Å². The highest BCUT2D eigenvalue weighted by molar-refractivity contribution is 6.01. The van der Waals surface area contributed by atoms with Crippen LogP contribution < -0.4 is 0 Å². The molecule has 0 saturated heterocycles. The Bertz CT molecular complexity index is 255. The minimum atomic E-state index is -1.41. The fourth-order valence-electron chi connectivity index (χ4n) is 1.46. The molecule has 0 aliphatic heterocycles. The van der Waals surface area contributed by atoms with Gasteiger partial charge in [-0.3, -0.25) is 14.4 Å². The van der Waals surface area contributed by atoms with Crippen molar-refractivity contribution in [3.05, 3.63) is 0 Å². The first-order valence-corrected chi connectivity index (χ1v) is 4.92. The Hall–Kier alpha value is -1.39. The van der Waals surface area contributed by atoms with Crippen molar-refractivity contribution in [3.63, 3.8) is 0 Å². The summed E-state index contributed by atoms with van der Waals surface area (Å²) < 4.78 is 0. The molecule has 0 unspecified atom stereocenters. The van der Waals surface area contributed by atoms with Crippen molar-refractivity contribution in [1.29, 1.82) is 0 Å². The lowest BCUT2D eigenvalue weighted by Gasteiger charge is -2.15. The van der Waals surface area contributed by atoms with Gasteiger partial charge < -0.3 is 10.2 Å². The summed E-state index contributed by atoms with van der Waals surface area (Å²) in [5.41, 5.74) is 0. The SMILES string of the molecule is CCC(CC)C(=O)[C@@H](CC(=O)O)C(=O)O. The highest BCUT2D eigenvalue weighted by Gasteiger charge is 2.32. The van der Waals surface area contributed by atoms with Gasteiger partial charge in [0, 0.05) is 5.92 Å². The van der Waals surface area contributed by atoms with E-state index in [0.29, 0.717) is 12.8 Å². The van der Waals surface area contributed by atoms with E-state index in [1.807, 2.05) is 0 Å². The summed E-state index contributed by atoms with van der Waals surface area (Å²) in [6.45, 7) is 3.57. The maximum atomic E-state index is 11.6. The molecule has 0 spiro atoms. The number of carbonyl (C=O) groups is 3.